The van der Waals surface area contributed by atoms with Crippen LogP contribution < -0.4 is 0 Å². The van der Waals surface area contributed by atoms with Crippen LogP contribution in [0.3, 0.4) is 0 Å². The molecular formula is C27H20N6O5. The lowest BCUT2D eigenvalue weighted by Gasteiger charge is -2.11. The first-order valence-corrected chi connectivity index (χ1v) is 11.5. The van der Waals surface area contributed by atoms with Gasteiger partial charge in [0.05, 0.1) is 11.1 Å². The fraction of sp³-hybridized carbons (Fsp3) is 0.0741. The number of phenols is 4. The second kappa shape index (κ2) is 8.30. The molecule has 6 aromatic rings. The topological polar surface area (TPSA) is 159 Å². The van der Waals surface area contributed by atoms with Gasteiger partial charge in [0.15, 0.2) is 0 Å². The van der Waals surface area contributed by atoms with Crippen molar-refractivity contribution in [1.29, 1.82) is 0 Å². The van der Waals surface area contributed by atoms with Crippen molar-refractivity contribution in [2.75, 3.05) is 0 Å². The molecule has 0 saturated carbocycles. The fourth-order valence-corrected chi connectivity index (χ4v) is 4.23. The van der Waals surface area contributed by atoms with Crippen molar-refractivity contribution in [2.24, 2.45) is 0 Å². The molecule has 0 amide bonds. The minimum absolute atomic E-state index is 0.0499. The maximum Gasteiger partial charge on any atom is 0.200 e. The molecule has 11 heteroatoms. The van der Waals surface area contributed by atoms with Gasteiger partial charge in [0.1, 0.15) is 56.4 Å². The Kier molecular flexibility index (Phi) is 5.02. The number of aromatic nitrogens is 6. The highest BCUT2D eigenvalue weighted by atomic mass is 16.3. The largest absolute Gasteiger partial charge is 0.507 e. The van der Waals surface area contributed by atoms with Crippen LogP contribution in [-0.2, 0) is 0 Å². The molecule has 2 heterocycles. The first-order valence-electron chi connectivity index (χ1n) is 11.5. The first-order chi connectivity index (χ1) is 18.2. The van der Waals surface area contributed by atoms with E-state index in [1.54, 1.807) is 12.1 Å². The lowest BCUT2D eigenvalue weighted by atomic mass is 9.99. The molecule has 0 unspecified atom stereocenters. The Labute approximate surface area is 214 Å². The summed E-state index contributed by atoms with van der Waals surface area (Å²) in [6.07, 6.45) is 0. The van der Waals surface area contributed by atoms with Gasteiger partial charge >= 0.3 is 0 Å². The molecule has 2 aromatic heterocycles. The summed E-state index contributed by atoms with van der Waals surface area (Å²) in [6, 6.07) is 15.4. The van der Waals surface area contributed by atoms with Gasteiger partial charge < -0.3 is 20.4 Å². The molecule has 0 fully saturated rings. The lowest BCUT2D eigenvalue weighted by molar-refractivity contribution is 0.103. The summed E-state index contributed by atoms with van der Waals surface area (Å²) < 4.78 is 0. The van der Waals surface area contributed by atoms with Crippen molar-refractivity contribution in [2.45, 2.75) is 13.8 Å². The van der Waals surface area contributed by atoms with E-state index in [0.29, 0.717) is 22.1 Å². The highest BCUT2D eigenvalue weighted by Gasteiger charge is 2.24. The average molecular weight is 508 g/mol. The molecule has 0 radical (unpaired) electrons. The third kappa shape index (κ3) is 3.73. The molecule has 0 atom stereocenters. The maximum absolute atomic E-state index is 13.5. The highest BCUT2D eigenvalue weighted by molar-refractivity contribution is 6.13. The van der Waals surface area contributed by atoms with Gasteiger partial charge in [0.25, 0.3) is 0 Å². The van der Waals surface area contributed by atoms with E-state index in [1.807, 2.05) is 38.1 Å². The Hall–Kier alpha value is -5.45. The second-order valence-corrected chi connectivity index (χ2v) is 9.01. The van der Waals surface area contributed by atoms with Gasteiger partial charge in [-0.05, 0) is 61.4 Å². The zero-order valence-corrected chi connectivity index (χ0v) is 20.2. The number of carbonyl (C=O) groups excluding carboxylic acids is 1. The Balaban J connectivity index is 1.45. The molecule has 4 N–H and O–H groups in total. The summed E-state index contributed by atoms with van der Waals surface area (Å²) in [5.74, 6) is -2.51. The molecule has 0 aliphatic carbocycles. The molecule has 0 aliphatic rings. The van der Waals surface area contributed by atoms with Gasteiger partial charge in [-0.2, -0.15) is 0 Å². The minimum atomic E-state index is -0.775. The summed E-state index contributed by atoms with van der Waals surface area (Å²) in [6.45, 7) is 3.82. The zero-order chi connectivity index (χ0) is 26.7. The fourth-order valence-electron chi connectivity index (χ4n) is 4.23. The predicted octanol–water partition coefficient (Wildman–Crippen LogP) is 3.82. The van der Waals surface area contributed by atoms with E-state index in [1.165, 1.54) is 21.7 Å². The zero-order valence-electron chi connectivity index (χ0n) is 20.2. The molecule has 0 bridgehead atoms. The van der Waals surface area contributed by atoms with Crippen molar-refractivity contribution in [1.82, 2.24) is 30.0 Å². The van der Waals surface area contributed by atoms with Crippen LogP contribution in [0.2, 0.25) is 0 Å². The van der Waals surface area contributed by atoms with Crippen molar-refractivity contribution in [3.8, 4) is 34.4 Å². The number of aryl methyl sites for hydroxylation is 2. The minimum Gasteiger partial charge on any atom is -0.507 e. The van der Waals surface area contributed by atoms with E-state index in [9.17, 15) is 25.2 Å². The number of hydrogen-bond donors (Lipinski definition) is 4. The van der Waals surface area contributed by atoms with Gasteiger partial charge in [0.2, 0.25) is 5.78 Å². The van der Waals surface area contributed by atoms with E-state index in [4.69, 9.17) is 0 Å². The number of benzene rings is 4. The van der Waals surface area contributed by atoms with Crippen molar-refractivity contribution >= 4 is 27.9 Å². The van der Waals surface area contributed by atoms with Crippen molar-refractivity contribution < 1.29 is 25.2 Å². The maximum atomic E-state index is 13.5. The molecule has 188 valence electrons. The lowest BCUT2D eigenvalue weighted by Crippen LogP contribution is -2.08. The average Bonchev–Trinajstić information content (AvgIpc) is 3.47. The Morgan fingerprint density at radius 2 is 0.947 bits per heavy atom. The van der Waals surface area contributed by atoms with Crippen molar-refractivity contribution in [3.05, 3.63) is 82.9 Å². The molecule has 0 spiro atoms. The Morgan fingerprint density at radius 1 is 0.553 bits per heavy atom. The molecule has 0 aliphatic heterocycles. The Morgan fingerprint density at radius 3 is 1.37 bits per heavy atom. The number of fused-ring (bicyclic) bond motifs is 2. The molecule has 4 aromatic carbocycles. The standard InChI is InChI=1S/C27H20N6O5/c1-13-3-5-17-19(7-13)30-32(28-17)21-9-15(23(34)11-25(21)36)27(38)16-10-22(26(37)12-24(16)35)33-29-18-6-4-14(2)8-20(18)31-33/h3-12,34-37H,1-2H3. The van der Waals surface area contributed by atoms with Gasteiger partial charge in [0, 0.05) is 12.1 Å². The first kappa shape index (κ1) is 23.0. The van der Waals surface area contributed by atoms with Crippen molar-refractivity contribution in [3.63, 3.8) is 0 Å². The van der Waals surface area contributed by atoms with Gasteiger partial charge in [-0.1, -0.05) is 12.1 Å². The van der Waals surface area contributed by atoms with Crippen LogP contribution >= 0.6 is 0 Å². The van der Waals surface area contributed by atoms with Gasteiger partial charge in [-0.25, -0.2) is 0 Å². The third-order valence-corrected chi connectivity index (χ3v) is 6.18. The highest BCUT2D eigenvalue weighted by Crippen LogP contribution is 2.36. The summed E-state index contributed by atoms with van der Waals surface area (Å²) in [4.78, 5) is 15.9. The number of hydrogen-bond acceptors (Lipinski definition) is 9. The normalized spacial score (nSPS) is 11.4. The van der Waals surface area contributed by atoms with E-state index in [0.717, 1.165) is 23.3 Å². The summed E-state index contributed by atoms with van der Waals surface area (Å²) in [7, 11) is 0. The number of carbonyl (C=O) groups is 1. The molecule has 11 nitrogen and oxygen atoms in total. The molecule has 0 saturated heterocycles. The van der Waals surface area contributed by atoms with Crippen LogP contribution in [-0.4, -0.2) is 56.2 Å². The van der Waals surface area contributed by atoms with Crippen LogP contribution in [0.25, 0.3) is 33.4 Å². The third-order valence-electron chi connectivity index (χ3n) is 6.18. The predicted molar refractivity (Wildman–Crippen MR) is 137 cm³/mol. The van der Waals surface area contributed by atoms with Crippen LogP contribution in [0.1, 0.15) is 27.0 Å². The summed E-state index contributed by atoms with van der Waals surface area (Å²) in [5, 5.41) is 59.5. The Bertz CT molecular complexity index is 1790. The number of phenolic OH excluding ortho intramolecular Hbond substituents is 4. The van der Waals surface area contributed by atoms with E-state index < -0.39 is 17.3 Å². The second-order valence-electron chi connectivity index (χ2n) is 9.01. The number of nitrogens with zero attached hydrogens (tertiary/aromatic N) is 6. The van der Waals surface area contributed by atoms with E-state index in [2.05, 4.69) is 20.4 Å². The van der Waals surface area contributed by atoms with E-state index in [-0.39, 0.29) is 34.0 Å². The van der Waals surface area contributed by atoms with Gasteiger partial charge in [-0.3, -0.25) is 4.79 Å². The number of ketones is 1. The van der Waals surface area contributed by atoms with Crippen LogP contribution in [0, 0.1) is 13.8 Å². The van der Waals surface area contributed by atoms with Crippen LogP contribution in [0.4, 0.5) is 0 Å². The van der Waals surface area contributed by atoms with Crippen LogP contribution in [0.5, 0.6) is 23.0 Å². The summed E-state index contributed by atoms with van der Waals surface area (Å²) in [5.41, 5.74) is 3.92. The SMILES string of the molecule is Cc1ccc2nn(-c3cc(C(=O)c4cc(-n5nc6ccc(C)cc6n5)c(O)cc4O)c(O)cc3O)nc2c1. The number of aromatic hydroxyl groups is 4. The summed E-state index contributed by atoms with van der Waals surface area (Å²) >= 11 is 0. The monoisotopic (exact) mass is 508 g/mol. The quantitative estimate of drug-likeness (QED) is 0.260. The smallest absolute Gasteiger partial charge is 0.200 e. The molecule has 38 heavy (non-hydrogen) atoms. The van der Waals surface area contributed by atoms with Gasteiger partial charge in [-0.15, -0.1) is 30.0 Å². The van der Waals surface area contributed by atoms with Crippen LogP contribution in [0.15, 0.2) is 60.7 Å². The van der Waals surface area contributed by atoms with E-state index >= 15 is 0 Å². The molecule has 6 rings (SSSR count). The molecular weight excluding hydrogens is 488 g/mol. The number of rotatable bonds is 4.